The number of aryl methyl sites for hydroxylation is 2. The van der Waals surface area contributed by atoms with Crippen LogP contribution in [-0.4, -0.2) is 33.4 Å². The van der Waals surface area contributed by atoms with Crippen LogP contribution in [0.3, 0.4) is 0 Å². The molecule has 0 aliphatic carbocycles. The van der Waals surface area contributed by atoms with Crippen LogP contribution in [0, 0.1) is 13.8 Å². The van der Waals surface area contributed by atoms with Gasteiger partial charge in [-0.25, -0.2) is 0 Å². The van der Waals surface area contributed by atoms with Crippen molar-refractivity contribution < 1.29 is 4.79 Å². The van der Waals surface area contributed by atoms with Gasteiger partial charge < -0.3 is 10.2 Å². The molecule has 1 aliphatic rings. The molecule has 1 aliphatic heterocycles. The number of amides is 1. The van der Waals surface area contributed by atoms with Crippen molar-refractivity contribution in [3.63, 3.8) is 0 Å². The van der Waals surface area contributed by atoms with E-state index >= 15 is 0 Å². The Bertz CT molecular complexity index is 691. The highest BCUT2D eigenvalue weighted by atomic mass is 35.5. The first kappa shape index (κ1) is 26.6. The maximum Gasteiger partial charge on any atom is 0.224 e. The van der Waals surface area contributed by atoms with E-state index in [4.69, 9.17) is 0 Å². The van der Waals surface area contributed by atoms with E-state index < -0.39 is 0 Å². The summed E-state index contributed by atoms with van der Waals surface area (Å²) in [6.07, 6.45) is 2.76. The van der Waals surface area contributed by atoms with Crippen LogP contribution in [0.1, 0.15) is 42.0 Å². The molecular formula is C20H29Cl3N4O. The quantitative estimate of drug-likeness (QED) is 0.726. The predicted molar refractivity (Wildman–Crippen MR) is 120 cm³/mol. The van der Waals surface area contributed by atoms with Gasteiger partial charge in [0.2, 0.25) is 5.91 Å². The summed E-state index contributed by atoms with van der Waals surface area (Å²) in [7, 11) is 0. The van der Waals surface area contributed by atoms with E-state index in [0.29, 0.717) is 25.6 Å². The molecule has 3 heterocycles. The average molecular weight is 448 g/mol. The Kier molecular flexibility index (Phi) is 12.3. The molecule has 28 heavy (non-hydrogen) atoms. The Morgan fingerprint density at radius 1 is 1.00 bits per heavy atom. The molecule has 1 unspecified atom stereocenters. The van der Waals surface area contributed by atoms with Gasteiger partial charge in [0, 0.05) is 23.9 Å². The molecule has 1 saturated heterocycles. The van der Waals surface area contributed by atoms with Crippen LogP contribution in [-0.2, 0) is 17.9 Å². The number of nitrogens with zero attached hydrogens (tertiary/aromatic N) is 3. The lowest BCUT2D eigenvalue weighted by atomic mass is 10.1. The van der Waals surface area contributed by atoms with E-state index in [1.807, 2.05) is 55.1 Å². The summed E-state index contributed by atoms with van der Waals surface area (Å²) in [5.41, 5.74) is 3.77. The third-order valence-corrected chi connectivity index (χ3v) is 4.53. The Balaban J connectivity index is 0.00000243. The van der Waals surface area contributed by atoms with Crippen LogP contribution in [0.4, 0.5) is 0 Å². The van der Waals surface area contributed by atoms with Crippen LogP contribution in [0.25, 0.3) is 0 Å². The molecule has 0 spiro atoms. The number of carbonyl (C=O) groups is 1. The highest BCUT2D eigenvalue weighted by molar-refractivity contribution is 5.86. The SMILES string of the molecule is Cc1cccc(CN(Cc2cccc(C)n2)C(=O)CC2CCCN2)n1.Cl.Cl.Cl. The van der Waals surface area contributed by atoms with Crippen molar-refractivity contribution in [1.29, 1.82) is 0 Å². The average Bonchev–Trinajstić information content (AvgIpc) is 3.07. The Morgan fingerprint density at radius 3 is 1.96 bits per heavy atom. The summed E-state index contributed by atoms with van der Waals surface area (Å²) in [4.78, 5) is 23.9. The van der Waals surface area contributed by atoms with Crippen LogP contribution in [0.5, 0.6) is 0 Å². The number of carbonyl (C=O) groups excluding carboxylic acids is 1. The molecular weight excluding hydrogens is 419 g/mol. The smallest absolute Gasteiger partial charge is 0.224 e. The fourth-order valence-corrected chi connectivity index (χ4v) is 3.27. The van der Waals surface area contributed by atoms with Crippen molar-refractivity contribution in [2.24, 2.45) is 0 Å². The van der Waals surface area contributed by atoms with E-state index in [0.717, 1.165) is 42.2 Å². The Morgan fingerprint density at radius 2 is 1.54 bits per heavy atom. The summed E-state index contributed by atoms with van der Waals surface area (Å²) in [5.74, 6) is 0.158. The molecule has 156 valence electrons. The predicted octanol–water partition coefficient (Wildman–Crippen LogP) is 4.03. The van der Waals surface area contributed by atoms with Crippen molar-refractivity contribution >= 4 is 43.1 Å². The van der Waals surface area contributed by atoms with E-state index in [-0.39, 0.29) is 43.1 Å². The zero-order chi connectivity index (χ0) is 17.6. The van der Waals surface area contributed by atoms with Crippen molar-refractivity contribution in [2.75, 3.05) is 6.54 Å². The third-order valence-electron chi connectivity index (χ3n) is 4.53. The zero-order valence-corrected chi connectivity index (χ0v) is 18.7. The van der Waals surface area contributed by atoms with Crippen LogP contribution >= 0.6 is 37.2 Å². The topological polar surface area (TPSA) is 58.1 Å². The van der Waals surface area contributed by atoms with Gasteiger partial charge >= 0.3 is 0 Å². The minimum Gasteiger partial charge on any atom is -0.331 e. The zero-order valence-electron chi connectivity index (χ0n) is 16.3. The highest BCUT2D eigenvalue weighted by Crippen LogP contribution is 2.15. The summed E-state index contributed by atoms with van der Waals surface area (Å²) < 4.78 is 0. The van der Waals surface area contributed by atoms with Gasteiger partial charge in [-0.2, -0.15) is 0 Å². The van der Waals surface area contributed by atoms with Gasteiger partial charge in [0.15, 0.2) is 0 Å². The van der Waals surface area contributed by atoms with Crippen LogP contribution in [0.2, 0.25) is 0 Å². The van der Waals surface area contributed by atoms with Gasteiger partial charge in [0.25, 0.3) is 0 Å². The van der Waals surface area contributed by atoms with Gasteiger partial charge in [-0.15, -0.1) is 37.2 Å². The minimum absolute atomic E-state index is 0. The van der Waals surface area contributed by atoms with Gasteiger partial charge in [-0.05, 0) is 57.5 Å². The monoisotopic (exact) mass is 446 g/mol. The van der Waals surface area contributed by atoms with E-state index in [1.165, 1.54) is 0 Å². The number of rotatable bonds is 6. The van der Waals surface area contributed by atoms with Gasteiger partial charge in [-0.1, -0.05) is 12.1 Å². The molecule has 3 rings (SSSR count). The summed E-state index contributed by atoms with van der Waals surface area (Å²) >= 11 is 0. The molecule has 1 amide bonds. The molecule has 2 aromatic heterocycles. The lowest BCUT2D eigenvalue weighted by molar-refractivity contribution is -0.133. The van der Waals surface area contributed by atoms with Crippen LogP contribution in [0.15, 0.2) is 36.4 Å². The lowest BCUT2D eigenvalue weighted by Gasteiger charge is -2.24. The first-order chi connectivity index (χ1) is 12.1. The molecule has 0 saturated carbocycles. The van der Waals surface area contributed by atoms with Crippen molar-refractivity contribution in [3.05, 3.63) is 59.2 Å². The summed E-state index contributed by atoms with van der Waals surface area (Å²) in [6.45, 7) is 5.99. The maximum atomic E-state index is 12.9. The van der Waals surface area contributed by atoms with Crippen molar-refractivity contribution in [3.8, 4) is 0 Å². The van der Waals surface area contributed by atoms with Crippen molar-refractivity contribution in [1.82, 2.24) is 20.2 Å². The van der Waals surface area contributed by atoms with Gasteiger partial charge in [-0.3, -0.25) is 14.8 Å². The largest absolute Gasteiger partial charge is 0.331 e. The highest BCUT2D eigenvalue weighted by Gasteiger charge is 2.22. The number of halogens is 3. The number of aromatic nitrogens is 2. The number of pyridine rings is 2. The molecule has 1 fully saturated rings. The second-order valence-corrected chi connectivity index (χ2v) is 6.79. The van der Waals surface area contributed by atoms with E-state index in [9.17, 15) is 4.79 Å². The number of hydrogen-bond acceptors (Lipinski definition) is 4. The van der Waals surface area contributed by atoms with E-state index in [2.05, 4.69) is 15.3 Å². The van der Waals surface area contributed by atoms with E-state index in [1.54, 1.807) is 0 Å². The standard InChI is InChI=1S/C20H26N4O.3ClH/c1-15-6-3-8-18(22-15)13-24(14-19-9-4-7-16(2)23-19)20(25)12-17-10-5-11-21-17;;;/h3-4,6-9,17,21H,5,10-14H2,1-2H3;3*1H. The summed E-state index contributed by atoms with van der Waals surface area (Å²) in [6, 6.07) is 12.2. The van der Waals surface area contributed by atoms with Gasteiger partial charge in [0.05, 0.1) is 24.5 Å². The fraction of sp³-hybridized carbons (Fsp3) is 0.450. The van der Waals surface area contributed by atoms with Gasteiger partial charge in [0.1, 0.15) is 0 Å². The van der Waals surface area contributed by atoms with Crippen LogP contribution < -0.4 is 5.32 Å². The molecule has 1 N–H and O–H groups in total. The Hall–Kier alpha value is -1.40. The number of hydrogen-bond donors (Lipinski definition) is 1. The molecule has 5 nitrogen and oxygen atoms in total. The summed E-state index contributed by atoms with van der Waals surface area (Å²) in [5, 5.41) is 3.41. The normalized spacial score (nSPS) is 15.0. The molecule has 0 radical (unpaired) electrons. The minimum atomic E-state index is 0. The molecule has 0 aromatic carbocycles. The molecule has 8 heteroatoms. The second kappa shape index (κ2) is 12.9. The second-order valence-electron chi connectivity index (χ2n) is 6.79. The third kappa shape index (κ3) is 7.92. The molecule has 0 bridgehead atoms. The Labute approximate surface area is 186 Å². The first-order valence-electron chi connectivity index (χ1n) is 8.96. The molecule has 1 atom stereocenters. The first-order valence-corrected chi connectivity index (χ1v) is 8.96. The maximum absolute atomic E-state index is 12.9. The fourth-order valence-electron chi connectivity index (χ4n) is 3.27. The molecule has 2 aromatic rings. The lowest BCUT2D eigenvalue weighted by Crippen LogP contribution is -2.35. The number of nitrogens with one attached hydrogen (secondary N) is 1. The van der Waals surface area contributed by atoms with Crippen molar-refractivity contribution in [2.45, 2.75) is 52.2 Å².